The number of halogens is 1. The summed E-state index contributed by atoms with van der Waals surface area (Å²) in [6, 6.07) is 4.96. The molecule has 0 radical (unpaired) electrons. The summed E-state index contributed by atoms with van der Waals surface area (Å²) in [7, 11) is 0. The number of anilines is 2. The highest BCUT2D eigenvalue weighted by molar-refractivity contribution is 6.29. The van der Waals surface area contributed by atoms with Crippen molar-refractivity contribution in [1.82, 2.24) is 14.8 Å². The quantitative estimate of drug-likeness (QED) is 0.823. The molecule has 0 spiro atoms. The van der Waals surface area contributed by atoms with Gasteiger partial charge in [-0.3, -0.25) is 9.48 Å². The Labute approximate surface area is 109 Å². The fourth-order valence-corrected chi connectivity index (χ4v) is 1.65. The molecule has 0 aliphatic rings. The van der Waals surface area contributed by atoms with Gasteiger partial charge in [-0.2, -0.15) is 5.10 Å². The number of hydrogen-bond acceptors (Lipinski definition) is 4. The molecule has 0 aliphatic heterocycles. The number of aryl methyl sites for hydroxylation is 1. The van der Waals surface area contributed by atoms with Crippen LogP contribution in [0.1, 0.15) is 5.69 Å². The van der Waals surface area contributed by atoms with Crippen LogP contribution in [-0.4, -0.2) is 20.7 Å². The summed E-state index contributed by atoms with van der Waals surface area (Å²) >= 11 is 5.73. The fourth-order valence-electron chi connectivity index (χ4n) is 1.46. The molecular formula is C11H12ClN5O. The van der Waals surface area contributed by atoms with Crippen molar-refractivity contribution in [3.05, 3.63) is 35.2 Å². The molecule has 0 aliphatic carbocycles. The van der Waals surface area contributed by atoms with E-state index < -0.39 is 0 Å². The van der Waals surface area contributed by atoms with Crippen LogP contribution in [-0.2, 0) is 11.3 Å². The van der Waals surface area contributed by atoms with Gasteiger partial charge in [-0.1, -0.05) is 11.6 Å². The Morgan fingerprint density at radius 3 is 2.89 bits per heavy atom. The molecule has 2 aromatic rings. The van der Waals surface area contributed by atoms with E-state index in [1.54, 1.807) is 31.3 Å². The Morgan fingerprint density at radius 1 is 1.50 bits per heavy atom. The summed E-state index contributed by atoms with van der Waals surface area (Å²) in [5, 5.41) is 7.05. The van der Waals surface area contributed by atoms with Crippen molar-refractivity contribution in [1.29, 1.82) is 0 Å². The third-order valence-corrected chi connectivity index (χ3v) is 2.50. The van der Waals surface area contributed by atoms with Crippen molar-refractivity contribution < 1.29 is 4.79 Å². The smallest absolute Gasteiger partial charge is 0.246 e. The maximum atomic E-state index is 11.8. The lowest BCUT2D eigenvalue weighted by atomic mass is 10.3. The van der Waals surface area contributed by atoms with Crippen LogP contribution >= 0.6 is 11.6 Å². The highest BCUT2D eigenvalue weighted by Crippen LogP contribution is 2.15. The van der Waals surface area contributed by atoms with Gasteiger partial charge in [0.15, 0.2) is 0 Å². The molecule has 0 saturated carbocycles. The Balaban J connectivity index is 2.03. The van der Waals surface area contributed by atoms with Gasteiger partial charge in [-0.25, -0.2) is 4.98 Å². The number of hydrogen-bond donors (Lipinski definition) is 2. The average molecular weight is 266 g/mol. The van der Waals surface area contributed by atoms with E-state index in [2.05, 4.69) is 15.4 Å². The molecule has 1 amide bonds. The predicted octanol–water partition coefficient (Wildman–Crippen LogP) is 1.46. The first-order valence-electron chi connectivity index (χ1n) is 5.26. The summed E-state index contributed by atoms with van der Waals surface area (Å²) in [6.07, 6.45) is 1.64. The standard InChI is InChI=1S/C11H12ClN5O/c1-7-8(2-3-9(12)14-7)15-11(18)6-17-5-4-10(13)16-17/h2-5H,6H2,1H3,(H2,13,16)(H,15,18). The molecule has 0 unspecified atom stereocenters. The minimum absolute atomic E-state index is 0.0965. The van der Waals surface area contributed by atoms with Crippen LogP contribution in [0.15, 0.2) is 24.4 Å². The zero-order valence-electron chi connectivity index (χ0n) is 9.72. The van der Waals surface area contributed by atoms with Crippen LogP contribution < -0.4 is 11.1 Å². The van der Waals surface area contributed by atoms with Gasteiger partial charge >= 0.3 is 0 Å². The van der Waals surface area contributed by atoms with Gasteiger partial charge in [0, 0.05) is 6.20 Å². The van der Waals surface area contributed by atoms with Crippen LogP contribution in [0.5, 0.6) is 0 Å². The average Bonchev–Trinajstić information content (AvgIpc) is 2.68. The third kappa shape index (κ3) is 2.98. The zero-order valence-corrected chi connectivity index (χ0v) is 10.5. The van der Waals surface area contributed by atoms with E-state index >= 15 is 0 Å². The lowest BCUT2D eigenvalue weighted by Crippen LogP contribution is -2.19. The number of carbonyl (C=O) groups excluding carboxylic acids is 1. The monoisotopic (exact) mass is 265 g/mol. The highest BCUT2D eigenvalue weighted by Gasteiger charge is 2.07. The van der Waals surface area contributed by atoms with E-state index in [-0.39, 0.29) is 12.5 Å². The lowest BCUT2D eigenvalue weighted by molar-refractivity contribution is -0.116. The maximum Gasteiger partial charge on any atom is 0.246 e. The van der Waals surface area contributed by atoms with Crippen molar-refractivity contribution in [2.45, 2.75) is 13.5 Å². The molecule has 2 rings (SSSR count). The second-order valence-electron chi connectivity index (χ2n) is 3.75. The number of nitrogens with one attached hydrogen (secondary N) is 1. The first-order chi connectivity index (χ1) is 8.54. The molecule has 3 N–H and O–H groups in total. The van der Waals surface area contributed by atoms with Crippen molar-refractivity contribution in [2.75, 3.05) is 11.1 Å². The van der Waals surface area contributed by atoms with Crippen molar-refractivity contribution >= 4 is 29.0 Å². The Kier molecular flexibility index (Phi) is 3.47. The molecule has 2 aromatic heterocycles. The van der Waals surface area contributed by atoms with E-state index in [9.17, 15) is 4.79 Å². The Bertz CT molecular complexity index is 581. The topological polar surface area (TPSA) is 85.8 Å². The van der Waals surface area contributed by atoms with E-state index in [4.69, 9.17) is 17.3 Å². The SMILES string of the molecule is Cc1nc(Cl)ccc1NC(=O)Cn1ccc(N)n1. The normalized spacial score (nSPS) is 10.3. The molecule has 0 saturated heterocycles. The van der Waals surface area contributed by atoms with Gasteiger partial charge in [0.2, 0.25) is 5.91 Å². The maximum absolute atomic E-state index is 11.8. The van der Waals surface area contributed by atoms with Gasteiger partial charge in [-0.15, -0.1) is 0 Å². The number of carbonyl (C=O) groups is 1. The fraction of sp³-hybridized carbons (Fsp3) is 0.182. The summed E-state index contributed by atoms with van der Waals surface area (Å²) in [4.78, 5) is 15.8. The van der Waals surface area contributed by atoms with Gasteiger partial charge in [0.1, 0.15) is 17.5 Å². The summed E-state index contributed by atoms with van der Waals surface area (Å²) in [5.41, 5.74) is 6.75. The zero-order chi connectivity index (χ0) is 13.1. The van der Waals surface area contributed by atoms with Crippen LogP contribution in [0.4, 0.5) is 11.5 Å². The van der Waals surface area contributed by atoms with Gasteiger partial charge in [-0.05, 0) is 25.1 Å². The lowest BCUT2D eigenvalue weighted by Gasteiger charge is -2.07. The summed E-state index contributed by atoms with van der Waals surface area (Å²) in [6.45, 7) is 1.87. The van der Waals surface area contributed by atoms with Crippen LogP contribution in [0.3, 0.4) is 0 Å². The van der Waals surface area contributed by atoms with E-state index in [0.29, 0.717) is 22.4 Å². The Hall–Kier alpha value is -2.08. The Morgan fingerprint density at radius 2 is 2.28 bits per heavy atom. The van der Waals surface area contributed by atoms with Gasteiger partial charge in [0.05, 0.1) is 11.4 Å². The first kappa shape index (κ1) is 12.4. The van der Waals surface area contributed by atoms with Crippen molar-refractivity contribution in [3.63, 3.8) is 0 Å². The van der Waals surface area contributed by atoms with Crippen LogP contribution in [0, 0.1) is 6.92 Å². The molecule has 7 heteroatoms. The number of nitrogens with zero attached hydrogens (tertiary/aromatic N) is 3. The second-order valence-corrected chi connectivity index (χ2v) is 4.14. The van der Waals surface area contributed by atoms with Gasteiger partial charge < -0.3 is 11.1 Å². The molecule has 0 bridgehead atoms. The molecule has 94 valence electrons. The third-order valence-electron chi connectivity index (χ3n) is 2.29. The molecule has 6 nitrogen and oxygen atoms in total. The van der Waals surface area contributed by atoms with E-state index in [0.717, 1.165) is 0 Å². The molecular weight excluding hydrogens is 254 g/mol. The van der Waals surface area contributed by atoms with E-state index in [1.165, 1.54) is 4.68 Å². The predicted molar refractivity (Wildman–Crippen MR) is 69.3 cm³/mol. The number of aromatic nitrogens is 3. The molecule has 0 fully saturated rings. The molecule has 0 atom stereocenters. The number of amides is 1. The van der Waals surface area contributed by atoms with Crippen molar-refractivity contribution in [2.24, 2.45) is 0 Å². The molecule has 18 heavy (non-hydrogen) atoms. The first-order valence-corrected chi connectivity index (χ1v) is 5.64. The van der Waals surface area contributed by atoms with Crippen molar-refractivity contribution in [3.8, 4) is 0 Å². The number of pyridine rings is 1. The second kappa shape index (κ2) is 5.05. The minimum Gasteiger partial charge on any atom is -0.382 e. The summed E-state index contributed by atoms with van der Waals surface area (Å²) < 4.78 is 1.46. The highest BCUT2D eigenvalue weighted by atomic mass is 35.5. The largest absolute Gasteiger partial charge is 0.382 e. The number of nitrogens with two attached hydrogens (primary N) is 1. The van der Waals surface area contributed by atoms with Crippen LogP contribution in [0.25, 0.3) is 0 Å². The minimum atomic E-state index is -0.203. The molecule has 2 heterocycles. The number of nitrogen functional groups attached to an aromatic ring is 1. The van der Waals surface area contributed by atoms with Crippen LogP contribution in [0.2, 0.25) is 5.15 Å². The molecule has 0 aromatic carbocycles. The van der Waals surface area contributed by atoms with Gasteiger partial charge in [0.25, 0.3) is 0 Å². The number of rotatable bonds is 3. The summed E-state index contributed by atoms with van der Waals surface area (Å²) in [5.74, 6) is 0.178. The van der Waals surface area contributed by atoms with E-state index in [1.807, 2.05) is 0 Å².